The third kappa shape index (κ3) is 4.69. The minimum atomic E-state index is -0.163. The number of rotatable bonds is 6. The highest BCUT2D eigenvalue weighted by atomic mass is 79.9. The zero-order chi connectivity index (χ0) is 13.8. The molecule has 102 valence electrons. The lowest BCUT2D eigenvalue weighted by atomic mass is 9.81. The average Bonchev–Trinajstić information content (AvgIpc) is 2.31. The highest BCUT2D eigenvalue weighted by molar-refractivity contribution is 9.10. The van der Waals surface area contributed by atoms with Crippen LogP contribution in [0.15, 0.2) is 22.7 Å². The Hall–Kier alpha value is -0.410. The lowest BCUT2D eigenvalue weighted by Gasteiger charge is -2.30. The summed E-state index contributed by atoms with van der Waals surface area (Å²) in [4.78, 5) is 0. The second-order valence-electron chi connectivity index (χ2n) is 5.61. The van der Waals surface area contributed by atoms with Gasteiger partial charge in [-0.1, -0.05) is 43.6 Å². The van der Waals surface area contributed by atoms with E-state index in [9.17, 15) is 4.39 Å². The Bertz CT molecular complexity index is 392. The summed E-state index contributed by atoms with van der Waals surface area (Å²) in [7, 11) is 0. The zero-order valence-electron chi connectivity index (χ0n) is 11.7. The van der Waals surface area contributed by atoms with E-state index in [4.69, 9.17) is 0 Å². The molecule has 1 N–H and O–H groups in total. The smallest absolute Gasteiger partial charge is 0.123 e. The Balaban J connectivity index is 2.80. The second kappa shape index (κ2) is 6.67. The van der Waals surface area contributed by atoms with Crippen LogP contribution in [0.25, 0.3) is 0 Å². The molecule has 0 aliphatic rings. The van der Waals surface area contributed by atoms with Crippen molar-refractivity contribution in [3.63, 3.8) is 0 Å². The van der Waals surface area contributed by atoms with Crippen LogP contribution in [0, 0.1) is 11.2 Å². The molecule has 0 radical (unpaired) electrons. The molecule has 18 heavy (non-hydrogen) atoms. The highest BCUT2D eigenvalue weighted by Gasteiger charge is 2.23. The summed E-state index contributed by atoms with van der Waals surface area (Å²) in [6.07, 6.45) is 1.94. The Kier molecular flexibility index (Phi) is 5.80. The van der Waals surface area contributed by atoms with E-state index in [0.717, 1.165) is 29.4 Å². The molecule has 0 aliphatic heterocycles. The van der Waals surface area contributed by atoms with Crippen molar-refractivity contribution in [1.29, 1.82) is 0 Å². The Morgan fingerprint density at radius 1 is 1.39 bits per heavy atom. The molecule has 0 heterocycles. The molecular weight excluding hydrogens is 293 g/mol. The van der Waals surface area contributed by atoms with Gasteiger partial charge in [-0.25, -0.2) is 4.39 Å². The molecule has 0 aromatic heterocycles. The molecule has 1 unspecified atom stereocenters. The number of halogens is 2. The van der Waals surface area contributed by atoms with Gasteiger partial charge in [-0.15, -0.1) is 0 Å². The maximum Gasteiger partial charge on any atom is 0.123 e. The maximum atomic E-state index is 13.3. The molecule has 0 bridgehead atoms. The van der Waals surface area contributed by atoms with E-state index >= 15 is 0 Å². The summed E-state index contributed by atoms with van der Waals surface area (Å²) in [5.41, 5.74) is 1.20. The zero-order valence-corrected chi connectivity index (χ0v) is 13.3. The van der Waals surface area contributed by atoms with E-state index in [0.29, 0.717) is 6.04 Å². The minimum Gasteiger partial charge on any atom is -0.314 e. The van der Waals surface area contributed by atoms with E-state index in [2.05, 4.69) is 48.9 Å². The van der Waals surface area contributed by atoms with Crippen LogP contribution in [0.5, 0.6) is 0 Å². The van der Waals surface area contributed by atoms with Gasteiger partial charge in [0.05, 0.1) is 0 Å². The van der Waals surface area contributed by atoms with Gasteiger partial charge in [0.15, 0.2) is 0 Å². The van der Waals surface area contributed by atoms with Gasteiger partial charge in [-0.2, -0.15) is 0 Å². The molecule has 1 nitrogen and oxygen atoms in total. The predicted octanol–water partition coefficient (Wildman–Crippen LogP) is 4.55. The highest BCUT2D eigenvalue weighted by Crippen LogP contribution is 2.30. The molecule has 1 atom stereocenters. The second-order valence-corrected chi connectivity index (χ2v) is 6.47. The number of nitrogens with one attached hydrogen (secondary N) is 1. The topological polar surface area (TPSA) is 12.0 Å². The van der Waals surface area contributed by atoms with Crippen LogP contribution in [-0.2, 0) is 6.42 Å². The first kappa shape index (κ1) is 15.6. The van der Waals surface area contributed by atoms with Gasteiger partial charge in [-0.05, 0) is 42.0 Å². The van der Waals surface area contributed by atoms with E-state index in [-0.39, 0.29) is 11.2 Å². The van der Waals surface area contributed by atoms with Crippen LogP contribution < -0.4 is 5.32 Å². The van der Waals surface area contributed by atoms with Crippen molar-refractivity contribution in [2.45, 2.75) is 46.6 Å². The largest absolute Gasteiger partial charge is 0.314 e. The summed E-state index contributed by atoms with van der Waals surface area (Å²) in [6.45, 7) is 9.68. The van der Waals surface area contributed by atoms with Crippen LogP contribution in [0.2, 0.25) is 0 Å². The monoisotopic (exact) mass is 315 g/mol. The van der Waals surface area contributed by atoms with Gasteiger partial charge in [0.25, 0.3) is 0 Å². The van der Waals surface area contributed by atoms with Crippen molar-refractivity contribution in [2.75, 3.05) is 6.54 Å². The number of benzene rings is 1. The summed E-state index contributed by atoms with van der Waals surface area (Å²) >= 11 is 3.51. The van der Waals surface area contributed by atoms with Crippen LogP contribution in [0.1, 0.15) is 39.7 Å². The van der Waals surface area contributed by atoms with Gasteiger partial charge in [0, 0.05) is 17.1 Å². The van der Waals surface area contributed by atoms with Gasteiger partial charge >= 0.3 is 0 Å². The summed E-state index contributed by atoms with van der Waals surface area (Å²) < 4.78 is 14.3. The van der Waals surface area contributed by atoms with E-state index in [1.807, 2.05) is 0 Å². The quantitative estimate of drug-likeness (QED) is 0.812. The van der Waals surface area contributed by atoms with Crippen LogP contribution >= 0.6 is 15.9 Å². The molecule has 0 amide bonds. The molecule has 3 heteroatoms. The van der Waals surface area contributed by atoms with Crippen molar-refractivity contribution in [1.82, 2.24) is 5.32 Å². The SMILES string of the molecule is CCC(C)(CNC(C)C)Cc1cc(F)ccc1Br. The third-order valence-corrected chi connectivity index (χ3v) is 4.19. The lowest BCUT2D eigenvalue weighted by molar-refractivity contribution is 0.280. The Morgan fingerprint density at radius 3 is 2.61 bits per heavy atom. The van der Waals surface area contributed by atoms with E-state index in [1.165, 1.54) is 6.07 Å². The molecule has 0 spiro atoms. The molecule has 0 aliphatic carbocycles. The molecule has 0 saturated carbocycles. The number of hydrogen-bond acceptors (Lipinski definition) is 1. The van der Waals surface area contributed by atoms with Crippen LogP contribution in [-0.4, -0.2) is 12.6 Å². The van der Waals surface area contributed by atoms with Gasteiger partial charge in [0.2, 0.25) is 0 Å². The predicted molar refractivity (Wildman–Crippen MR) is 79.3 cm³/mol. The van der Waals surface area contributed by atoms with Crippen molar-refractivity contribution in [3.8, 4) is 0 Å². The molecule has 1 aromatic carbocycles. The fraction of sp³-hybridized carbons (Fsp3) is 0.600. The molecule has 0 fully saturated rings. The standard InChI is InChI=1S/C15H23BrFN/c1-5-15(4,10-18-11(2)3)9-12-8-13(17)6-7-14(12)16/h6-8,11,18H,5,9-10H2,1-4H3. The van der Waals surface area contributed by atoms with Gasteiger partial charge in [0.1, 0.15) is 5.82 Å². The molecule has 1 rings (SSSR count). The van der Waals surface area contributed by atoms with Crippen molar-refractivity contribution in [2.24, 2.45) is 5.41 Å². The average molecular weight is 316 g/mol. The normalized spacial score (nSPS) is 14.8. The summed E-state index contributed by atoms with van der Waals surface area (Å²) in [6, 6.07) is 5.39. The first-order chi connectivity index (χ1) is 8.36. The first-order valence-electron chi connectivity index (χ1n) is 6.53. The summed E-state index contributed by atoms with van der Waals surface area (Å²) in [5.74, 6) is -0.163. The van der Waals surface area contributed by atoms with E-state index in [1.54, 1.807) is 12.1 Å². The molecule has 0 saturated heterocycles. The summed E-state index contributed by atoms with van der Waals surface area (Å²) in [5, 5.41) is 3.48. The van der Waals surface area contributed by atoms with E-state index < -0.39 is 0 Å². The first-order valence-corrected chi connectivity index (χ1v) is 7.33. The Labute approximate surface area is 118 Å². The van der Waals surface area contributed by atoms with Gasteiger partial charge < -0.3 is 5.32 Å². The van der Waals surface area contributed by atoms with Crippen molar-refractivity contribution >= 4 is 15.9 Å². The fourth-order valence-electron chi connectivity index (χ4n) is 1.90. The minimum absolute atomic E-state index is 0.153. The Morgan fingerprint density at radius 2 is 2.06 bits per heavy atom. The number of hydrogen-bond donors (Lipinski definition) is 1. The third-order valence-electron chi connectivity index (χ3n) is 3.42. The molecule has 1 aromatic rings. The van der Waals surface area contributed by atoms with Crippen LogP contribution in [0.3, 0.4) is 0 Å². The lowest BCUT2D eigenvalue weighted by Crippen LogP contribution is -2.36. The fourth-order valence-corrected chi connectivity index (χ4v) is 2.29. The van der Waals surface area contributed by atoms with Crippen molar-refractivity contribution in [3.05, 3.63) is 34.1 Å². The molecular formula is C15H23BrFN. The maximum absolute atomic E-state index is 13.3. The van der Waals surface area contributed by atoms with Crippen molar-refractivity contribution < 1.29 is 4.39 Å². The van der Waals surface area contributed by atoms with Crippen LogP contribution in [0.4, 0.5) is 4.39 Å². The van der Waals surface area contributed by atoms with Gasteiger partial charge in [-0.3, -0.25) is 0 Å².